The molecule has 0 bridgehead atoms. The maximum atomic E-state index is 6.25. The molecule has 7 radical (unpaired) electrons. The Morgan fingerprint density at radius 3 is 0.116 bits per heavy atom. The number of hydrogen-bond acceptors (Lipinski definition) is 18. The van der Waals surface area contributed by atoms with E-state index in [1.165, 1.54) is 0 Å². The van der Waals surface area contributed by atoms with E-state index in [9.17, 15) is 0 Å². The third-order valence-corrected chi connectivity index (χ3v) is 0. The standard InChI is InChI=1S/18CN.3Cu.4Fe/c18*1-2;;;;;;;/q18*-1;3*+2;4*+3. The van der Waals surface area contributed by atoms with Crippen LogP contribution >= 0.6 is 0 Å². The molecule has 0 spiro atoms. The Morgan fingerprint density at radius 1 is 0.116 bits per heavy atom. The molecule has 0 N–H and O–H groups in total. The summed E-state index contributed by atoms with van der Waals surface area (Å²) in [5, 5.41) is 112. The predicted molar refractivity (Wildman–Crippen MR) is 89.4 cm³/mol. The van der Waals surface area contributed by atoms with E-state index in [0.29, 0.717) is 0 Å². The van der Waals surface area contributed by atoms with Gasteiger partial charge in [0.15, 0.2) is 0 Å². The van der Waals surface area contributed by atoms with Crippen LogP contribution in [0, 0.1) is 213 Å². The second-order valence-electron chi connectivity index (χ2n) is 0. The summed E-state index contributed by atoms with van der Waals surface area (Å²) >= 11 is 0. The molecule has 0 fully saturated rings. The topological polar surface area (TPSA) is 428 Å². The van der Waals surface area contributed by atoms with E-state index in [4.69, 9.17) is 213 Å². The van der Waals surface area contributed by atoms with Gasteiger partial charge in [0.2, 0.25) is 0 Å². The zero-order chi connectivity index (χ0) is 36.0. The Balaban J connectivity index is -0.00000000344. The molecule has 0 aliphatic carbocycles. The maximum absolute atomic E-state index is 6.25. The molecule has 0 amide bonds. The molecule has 0 heterocycles. The van der Waals surface area contributed by atoms with Crippen LogP contribution in [0.1, 0.15) is 0 Å². The Kier molecular flexibility index (Phi) is 11100. The minimum Gasteiger partial charge on any atom is -0.512 e. The van der Waals surface area contributed by atoms with Crippen LogP contribution in [-0.4, -0.2) is 0 Å². The number of rotatable bonds is 0. The van der Waals surface area contributed by atoms with Gasteiger partial charge in [-0.05, 0) is 0 Å². The molecule has 0 aromatic carbocycles. The molecule has 0 saturated heterocycles. The monoisotopic (exact) mass is 881 g/mol. The van der Waals surface area contributed by atoms with Crippen molar-refractivity contribution in [2.45, 2.75) is 0 Å². The van der Waals surface area contributed by atoms with Gasteiger partial charge in [-0.15, -0.1) is 0 Å². The first kappa shape index (κ1) is 321. The molecule has 0 rings (SSSR count). The molecule has 0 unspecified atom stereocenters. The van der Waals surface area contributed by atoms with Crippen molar-refractivity contribution in [1.29, 1.82) is 94.7 Å². The molecule has 18 nitrogen and oxygen atoms in total. The first-order valence-electron chi connectivity index (χ1n) is 4.02. The van der Waals surface area contributed by atoms with Gasteiger partial charge < -0.3 is 213 Å². The molecule has 0 atom stereocenters. The fourth-order valence-corrected chi connectivity index (χ4v) is 0. The summed E-state index contributed by atoms with van der Waals surface area (Å²) in [6.07, 6.45) is 0. The molecule has 0 aromatic rings. The van der Waals surface area contributed by atoms with Crippen LogP contribution in [0.25, 0.3) is 0 Å². The van der Waals surface area contributed by atoms with Crippen LogP contribution in [0.4, 0.5) is 0 Å². The smallest absolute Gasteiger partial charge is 0.512 e. The molecule has 25 heteroatoms. The van der Waals surface area contributed by atoms with Gasteiger partial charge in [0, 0.05) is 0 Å². The first-order chi connectivity index (χ1) is 18.0. The number of hydrogen-bond donors (Lipinski definition) is 0. The fourth-order valence-electron chi connectivity index (χ4n) is 0. The van der Waals surface area contributed by atoms with Crippen molar-refractivity contribution in [1.82, 2.24) is 0 Å². The van der Waals surface area contributed by atoms with Crippen molar-refractivity contribution in [2.24, 2.45) is 0 Å². The van der Waals surface area contributed by atoms with Gasteiger partial charge in [-0.3, -0.25) is 0 Å². The fraction of sp³-hybridized carbons (Fsp3) is 0. The van der Waals surface area contributed by atoms with Crippen LogP contribution in [-0.2, 0) is 119 Å². The van der Waals surface area contributed by atoms with Gasteiger partial charge in [-0.2, -0.15) is 0 Å². The summed E-state index contributed by atoms with van der Waals surface area (Å²) in [4.78, 5) is 0. The maximum Gasteiger partial charge on any atom is 3.00 e. The second-order valence-corrected chi connectivity index (χ2v) is 0. The molecule has 0 saturated carbocycles. The SMILES string of the molecule is [C-]#N.[C-]#N.[C-]#N.[C-]#N.[C-]#N.[C-]#N.[C-]#N.[C-]#N.[C-]#N.[C-]#N.[C-]#N.[C-]#N.[C-]#N.[C-]#N.[C-]#N.[C-]#N.[C-]#N.[C-]#N.[Cu+2].[Cu+2].[Cu+2].[Fe+3].[Fe+3].[Fe+3].[Fe+3]. The van der Waals surface area contributed by atoms with E-state index < -0.39 is 0 Å². The summed E-state index contributed by atoms with van der Waals surface area (Å²) in [6, 6.07) is 0. The van der Waals surface area contributed by atoms with E-state index in [0.717, 1.165) is 0 Å². The Morgan fingerprint density at radius 2 is 0.116 bits per heavy atom. The van der Waals surface area contributed by atoms with E-state index in [-0.39, 0.29) is 119 Å². The second kappa shape index (κ2) is 1490. The number of nitrogens with zero attached hydrogens (tertiary/aromatic N) is 18. The van der Waals surface area contributed by atoms with Crippen molar-refractivity contribution < 1.29 is 119 Å². The summed E-state index contributed by atoms with van der Waals surface area (Å²) in [7, 11) is 0. The average molecular weight is 882 g/mol. The largest absolute Gasteiger partial charge is 3.00 e. The van der Waals surface area contributed by atoms with Crippen LogP contribution in [0.3, 0.4) is 0 Å². The van der Waals surface area contributed by atoms with Gasteiger partial charge >= 0.3 is 119 Å². The van der Waals surface area contributed by atoms with Gasteiger partial charge in [0.1, 0.15) is 0 Å². The summed E-state index contributed by atoms with van der Waals surface area (Å²) < 4.78 is 0. The van der Waals surface area contributed by atoms with Crippen molar-refractivity contribution >= 4 is 0 Å². The van der Waals surface area contributed by atoms with Crippen molar-refractivity contribution in [3.8, 4) is 0 Å². The van der Waals surface area contributed by atoms with Gasteiger partial charge in [-0.25, -0.2) is 0 Å². The van der Waals surface area contributed by atoms with Gasteiger partial charge in [0.25, 0.3) is 0 Å². The minimum atomic E-state index is 0. The van der Waals surface area contributed by atoms with E-state index in [2.05, 4.69) is 0 Å². The van der Waals surface area contributed by atoms with Crippen molar-refractivity contribution in [3.63, 3.8) is 0 Å². The normalized spacial score (nSPS) is 0.837. The Labute approximate surface area is 329 Å². The third-order valence-electron chi connectivity index (χ3n) is 0. The Bertz CT molecular complexity index is 381. The van der Waals surface area contributed by atoms with E-state index >= 15 is 0 Å². The molecule has 43 heavy (non-hydrogen) atoms. The summed E-state index contributed by atoms with van der Waals surface area (Å²) in [5.41, 5.74) is 0. The van der Waals surface area contributed by atoms with Crippen molar-refractivity contribution in [3.05, 3.63) is 118 Å². The average Bonchev–Trinajstić information content (AvgIpc) is 3.13. The first-order valence-corrected chi connectivity index (χ1v) is 4.02. The van der Waals surface area contributed by atoms with Crippen LogP contribution in [0.15, 0.2) is 0 Å². The molecule has 0 aromatic heterocycles. The van der Waals surface area contributed by atoms with Crippen molar-refractivity contribution in [2.75, 3.05) is 0 Å². The Hall–Kier alpha value is -5.54. The zero-order valence-electron chi connectivity index (χ0n) is 19.4. The van der Waals surface area contributed by atoms with Gasteiger partial charge in [0.05, 0.1) is 0 Å². The zero-order valence-corrected chi connectivity index (χ0v) is 26.6. The van der Waals surface area contributed by atoms with Crippen LogP contribution < -0.4 is 0 Å². The molecular weight excluding hydrogens is 882 g/mol. The van der Waals surface area contributed by atoms with E-state index in [1.54, 1.807) is 0 Å². The minimum absolute atomic E-state index is 0. The van der Waals surface area contributed by atoms with Crippen LogP contribution in [0.2, 0.25) is 0 Å². The molecule has 0 aliphatic heterocycles. The van der Waals surface area contributed by atoms with Crippen LogP contribution in [0.5, 0.6) is 0 Å². The summed E-state index contributed by atoms with van der Waals surface area (Å²) in [6.45, 7) is 85.5. The quantitative estimate of drug-likeness (QED) is 0.247. The predicted octanol–water partition coefficient (Wildman–Crippen LogP) is 1.72. The summed E-state index contributed by atoms with van der Waals surface area (Å²) in [5.74, 6) is 0. The van der Waals surface area contributed by atoms with Gasteiger partial charge in [-0.1, -0.05) is 0 Å². The molecular formula is C18Cu3Fe4N18. The molecule has 0 aliphatic rings. The third kappa shape index (κ3) is 1410. The molecule has 227 valence electrons. The van der Waals surface area contributed by atoms with E-state index in [1.807, 2.05) is 0 Å².